The summed E-state index contributed by atoms with van der Waals surface area (Å²) in [6, 6.07) is 42.5. The van der Waals surface area contributed by atoms with Crippen LogP contribution >= 0.6 is 0 Å². The standard InChI is InChI=1S/C21H16.C12H8N2.Eu/c1-3-13-20-16(7-1)9-5-11-18(20)15-19-12-6-10-17-8-2-4-14-21(17)19;1-3-9-5-6-11-10(4-2-7-13-11)12(9)14-8-1;/h1-14H,15H2;1-8H;. The fraction of sp³-hybridized carbons (Fsp3) is 0.0303. The summed E-state index contributed by atoms with van der Waals surface area (Å²) < 4.78 is 0. The van der Waals surface area contributed by atoms with Gasteiger partial charge in [0.2, 0.25) is 0 Å². The average Bonchev–Trinajstić information content (AvgIpc) is 2.94. The second kappa shape index (κ2) is 11.4. The quantitative estimate of drug-likeness (QED) is 0.187. The van der Waals surface area contributed by atoms with Gasteiger partial charge in [0.1, 0.15) is 0 Å². The van der Waals surface area contributed by atoms with E-state index in [1.54, 1.807) is 6.20 Å². The molecule has 7 rings (SSSR count). The molecule has 0 fully saturated rings. The van der Waals surface area contributed by atoms with E-state index in [1.165, 1.54) is 32.7 Å². The van der Waals surface area contributed by atoms with Crippen LogP contribution in [0.5, 0.6) is 0 Å². The van der Waals surface area contributed by atoms with Crippen molar-refractivity contribution in [2.24, 2.45) is 0 Å². The van der Waals surface area contributed by atoms with E-state index >= 15 is 0 Å². The number of aromatic nitrogens is 2. The molecule has 2 heterocycles. The molecule has 173 valence electrons. The summed E-state index contributed by atoms with van der Waals surface area (Å²) in [6.07, 6.45) is 4.59. The van der Waals surface area contributed by atoms with Gasteiger partial charge in [-0.2, -0.15) is 0 Å². The van der Waals surface area contributed by atoms with Crippen molar-refractivity contribution in [3.05, 3.63) is 145 Å². The third-order valence-electron chi connectivity index (χ3n) is 6.49. The van der Waals surface area contributed by atoms with E-state index in [2.05, 4.69) is 113 Å². The van der Waals surface area contributed by atoms with Crippen molar-refractivity contribution >= 4 is 43.4 Å². The van der Waals surface area contributed by atoms with Crippen LogP contribution in [0.4, 0.5) is 0 Å². The zero-order valence-corrected chi connectivity index (χ0v) is 22.1. The van der Waals surface area contributed by atoms with Gasteiger partial charge in [-0.1, -0.05) is 97.1 Å². The molecule has 0 saturated heterocycles. The van der Waals surface area contributed by atoms with Gasteiger partial charge in [0, 0.05) is 72.5 Å². The first kappa shape index (κ1) is 24.7. The molecule has 0 amide bonds. The third-order valence-corrected chi connectivity index (χ3v) is 6.49. The second-order valence-electron chi connectivity index (χ2n) is 8.66. The minimum Gasteiger partial charge on any atom is -0.256 e. The molecule has 36 heavy (non-hydrogen) atoms. The maximum Gasteiger partial charge on any atom is 0.0795 e. The van der Waals surface area contributed by atoms with Crippen molar-refractivity contribution in [2.75, 3.05) is 0 Å². The van der Waals surface area contributed by atoms with Crippen molar-refractivity contribution < 1.29 is 49.4 Å². The average molecular weight is 601 g/mol. The maximum atomic E-state index is 4.37. The van der Waals surface area contributed by atoms with Crippen molar-refractivity contribution in [2.45, 2.75) is 6.42 Å². The van der Waals surface area contributed by atoms with Crippen molar-refractivity contribution in [3.63, 3.8) is 0 Å². The fourth-order valence-corrected chi connectivity index (χ4v) is 4.80. The summed E-state index contributed by atoms with van der Waals surface area (Å²) in [5.41, 5.74) is 4.81. The minimum absolute atomic E-state index is 0. The van der Waals surface area contributed by atoms with E-state index in [1.807, 2.05) is 24.4 Å². The smallest absolute Gasteiger partial charge is 0.0795 e. The molecule has 0 aliphatic heterocycles. The van der Waals surface area contributed by atoms with Crippen LogP contribution < -0.4 is 0 Å². The van der Waals surface area contributed by atoms with E-state index in [0.29, 0.717) is 0 Å². The fourth-order valence-electron chi connectivity index (χ4n) is 4.80. The molecule has 0 spiro atoms. The van der Waals surface area contributed by atoms with Gasteiger partial charge in [-0.15, -0.1) is 0 Å². The first-order valence-corrected chi connectivity index (χ1v) is 11.9. The van der Waals surface area contributed by atoms with E-state index in [0.717, 1.165) is 28.2 Å². The zero-order chi connectivity index (χ0) is 23.5. The van der Waals surface area contributed by atoms with Crippen LogP contribution in [0.25, 0.3) is 43.4 Å². The van der Waals surface area contributed by atoms with Gasteiger partial charge in [-0.25, -0.2) is 0 Å². The van der Waals surface area contributed by atoms with Crippen LogP contribution in [-0.4, -0.2) is 9.97 Å². The van der Waals surface area contributed by atoms with Gasteiger partial charge in [0.25, 0.3) is 0 Å². The molecule has 0 saturated carbocycles. The van der Waals surface area contributed by atoms with Crippen LogP contribution in [0.3, 0.4) is 0 Å². The first-order valence-electron chi connectivity index (χ1n) is 11.9. The topological polar surface area (TPSA) is 25.8 Å². The van der Waals surface area contributed by atoms with E-state index < -0.39 is 0 Å². The number of nitrogens with zero attached hydrogens (tertiary/aromatic N) is 2. The van der Waals surface area contributed by atoms with Crippen molar-refractivity contribution in [1.29, 1.82) is 0 Å². The molecule has 1 radical (unpaired) electrons. The number of fused-ring (bicyclic) bond motifs is 5. The molecule has 2 nitrogen and oxygen atoms in total. The molecule has 0 N–H and O–H groups in total. The molecular weight excluding hydrogens is 576 g/mol. The molecule has 5 aromatic carbocycles. The van der Waals surface area contributed by atoms with Gasteiger partial charge >= 0.3 is 0 Å². The normalized spacial score (nSPS) is 10.7. The Hall–Kier alpha value is -2.98. The Morgan fingerprint density at radius 2 is 0.944 bits per heavy atom. The summed E-state index contributed by atoms with van der Waals surface area (Å²) in [4.78, 5) is 8.66. The predicted octanol–water partition coefficient (Wildman–Crippen LogP) is 8.37. The van der Waals surface area contributed by atoms with Gasteiger partial charge in [0.05, 0.1) is 11.0 Å². The summed E-state index contributed by atoms with van der Waals surface area (Å²) in [5, 5.41) is 7.62. The van der Waals surface area contributed by atoms with E-state index in [-0.39, 0.29) is 49.4 Å². The number of pyridine rings is 2. The monoisotopic (exact) mass is 601 g/mol. The van der Waals surface area contributed by atoms with Crippen LogP contribution in [0, 0.1) is 49.4 Å². The van der Waals surface area contributed by atoms with Crippen molar-refractivity contribution in [1.82, 2.24) is 9.97 Å². The van der Waals surface area contributed by atoms with Gasteiger partial charge in [-0.05, 0) is 63.4 Å². The van der Waals surface area contributed by atoms with Gasteiger partial charge in [0.15, 0.2) is 0 Å². The van der Waals surface area contributed by atoms with Gasteiger partial charge in [-0.3, -0.25) is 9.97 Å². The Balaban J connectivity index is 0.000000155. The summed E-state index contributed by atoms with van der Waals surface area (Å²) in [5.74, 6) is 0. The predicted molar refractivity (Wildman–Crippen MR) is 148 cm³/mol. The van der Waals surface area contributed by atoms with Crippen LogP contribution in [0.2, 0.25) is 0 Å². The van der Waals surface area contributed by atoms with E-state index in [4.69, 9.17) is 0 Å². The Morgan fingerprint density at radius 1 is 0.417 bits per heavy atom. The van der Waals surface area contributed by atoms with Gasteiger partial charge < -0.3 is 0 Å². The molecule has 2 aromatic heterocycles. The summed E-state index contributed by atoms with van der Waals surface area (Å²) >= 11 is 0. The summed E-state index contributed by atoms with van der Waals surface area (Å²) in [6.45, 7) is 0. The molecular formula is C33H24EuN2. The van der Waals surface area contributed by atoms with Crippen LogP contribution in [-0.2, 0) is 6.42 Å². The maximum absolute atomic E-state index is 4.37. The van der Waals surface area contributed by atoms with Crippen LogP contribution in [0.1, 0.15) is 11.1 Å². The number of rotatable bonds is 2. The summed E-state index contributed by atoms with van der Waals surface area (Å²) in [7, 11) is 0. The molecule has 7 aromatic rings. The molecule has 0 unspecified atom stereocenters. The number of hydrogen-bond donors (Lipinski definition) is 0. The number of hydrogen-bond acceptors (Lipinski definition) is 2. The molecule has 3 heteroatoms. The second-order valence-corrected chi connectivity index (χ2v) is 8.66. The first-order chi connectivity index (χ1) is 17.4. The Kier molecular flexibility index (Phi) is 7.82. The Morgan fingerprint density at radius 3 is 1.64 bits per heavy atom. The number of benzene rings is 5. The van der Waals surface area contributed by atoms with E-state index in [9.17, 15) is 0 Å². The SMILES string of the molecule is [Eu].c1ccc2c(Cc3cccc4ccccc34)cccc2c1.c1cnc2c(c1)ccc1ncccc12. The Labute approximate surface area is 251 Å². The van der Waals surface area contributed by atoms with Crippen molar-refractivity contribution in [3.8, 4) is 0 Å². The molecule has 0 atom stereocenters. The molecule has 0 aliphatic carbocycles. The third kappa shape index (κ3) is 5.10. The van der Waals surface area contributed by atoms with Crippen LogP contribution in [0.15, 0.2) is 134 Å². The zero-order valence-electron chi connectivity index (χ0n) is 19.7. The minimum atomic E-state index is 0. The molecule has 0 aliphatic rings. The largest absolute Gasteiger partial charge is 0.256 e. The molecule has 0 bridgehead atoms. The Bertz CT molecular complexity index is 1650.